The zero-order chi connectivity index (χ0) is 25.1. The van der Waals surface area contributed by atoms with Crippen LogP contribution in [-0.2, 0) is 11.2 Å². The third-order valence-corrected chi connectivity index (χ3v) is 7.19. The Morgan fingerprint density at radius 3 is 2.47 bits per heavy atom. The second-order valence-corrected chi connectivity index (χ2v) is 9.67. The highest BCUT2D eigenvalue weighted by molar-refractivity contribution is 5.82. The molecule has 0 radical (unpaired) electrons. The molecule has 0 saturated carbocycles. The van der Waals surface area contributed by atoms with Crippen molar-refractivity contribution in [2.75, 3.05) is 31.1 Å². The minimum atomic E-state index is -0.242. The first-order chi connectivity index (χ1) is 17.5. The first-order valence-corrected chi connectivity index (χ1v) is 12.8. The van der Waals surface area contributed by atoms with Crippen LogP contribution in [0.15, 0.2) is 65.5 Å². The van der Waals surface area contributed by atoms with Crippen LogP contribution in [0, 0.1) is 6.92 Å². The second-order valence-electron chi connectivity index (χ2n) is 9.67. The molecule has 2 aromatic carbocycles. The predicted octanol–water partition coefficient (Wildman–Crippen LogP) is 2.75. The average Bonchev–Trinajstić information content (AvgIpc) is 3.27. The first kappa shape index (κ1) is 24.2. The summed E-state index contributed by atoms with van der Waals surface area (Å²) in [6.45, 7) is 6.96. The molecule has 1 aromatic heterocycles. The Hall–Kier alpha value is -3.49. The minimum absolute atomic E-state index is 0.125. The van der Waals surface area contributed by atoms with E-state index >= 15 is 0 Å². The quantitative estimate of drug-likeness (QED) is 0.577. The minimum Gasteiger partial charge on any atom is -0.353 e. The van der Waals surface area contributed by atoms with E-state index in [-0.39, 0.29) is 23.6 Å². The highest BCUT2D eigenvalue weighted by atomic mass is 16.2. The van der Waals surface area contributed by atoms with Crippen molar-refractivity contribution in [3.05, 3.63) is 87.7 Å². The molecule has 8 nitrogen and oxygen atoms in total. The van der Waals surface area contributed by atoms with E-state index in [0.29, 0.717) is 19.6 Å². The summed E-state index contributed by atoms with van der Waals surface area (Å²) in [7, 11) is 0. The van der Waals surface area contributed by atoms with Gasteiger partial charge in [-0.1, -0.05) is 48.9 Å². The number of carbonyl (C=O) groups is 1. The van der Waals surface area contributed by atoms with Crippen molar-refractivity contribution < 1.29 is 4.79 Å². The van der Waals surface area contributed by atoms with Crippen LogP contribution < -0.4 is 21.3 Å². The summed E-state index contributed by atoms with van der Waals surface area (Å²) in [5.74, 6) is 0.885. The van der Waals surface area contributed by atoms with Gasteiger partial charge in [-0.2, -0.15) is 4.68 Å². The lowest BCUT2D eigenvalue weighted by Crippen LogP contribution is -2.46. The van der Waals surface area contributed by atoms with Crippen LogP contribution in [0.5, 0.6) is 0 Å². The Morgan fingerprint density at radius 1 is 0.944 bits per heavy atom. The van der Waals surface area contributed by atoms with Gasteiger partial charge >= 0.3 is 0 Å². The third kappa shape index (κ3) is 5.20. The molecule has 0 aliphatic carbocycles. The van der Waals surface area contributed by atoms with E-state index in [1.807, 2.05) is 36.1 Å². The maximum atomic E-state index is 13.3. The van der Waals surface area contributed by atoms with Crippen LogP contribution in [0.25, 0.3) is 5.69 Å². The van der Waals surface area contributed by atoms with Gasteiger partial charge in [0, 0.05) is 38.3 Å². The summed E-state index contributed by atoms with van der Waals surface area (Å²) in [5, 5.41) is 4.64. The number of hydrogen-bond acceptors (Lipinski definition) is 6. The summed E-state index contributed by atoms with van der Waals surface area (Å²) in [6, 6.07) is 19.6. The Balaban J connectivity index is 1.22. The number of hydrogen-bond donors (Lipinski definition) is 2. The standard InChI is InChI=1S/C28H34N6O2/c1-3-21-7-9-22(10-8-21)24-19-25(30-29-24)28(36)33-16-4-15-32(17-18-33)26-13-14-27(35)34(31-26)23-11-5-20(2)6-12-23/h5-14,24-25,29-30H,3-4,15-19H2,1-2H3. The molecule has 2 aliphatic heterocycles. The number of benzene rings is 2. The lowest BCUT2D eigenvalue weighted by molar-refractivity contribution is -0.133. The van der Waals surface area contributed by atoms with Crippen molar-refractivity contribution in [3.63, 3.8) is 0 Å². The summed E-state index contributed by atoms with van der Waals surface area (Å²) in [4.78, 5) is 29.9. The molecule has 2 saturated heterocycles. The predicted molar refractivity (Wildman–Crippen MR) is 141 cm³/mol. The molecule has 8 heteroatoms. The van der Waals surface area contributed by atoms with Crippen LogP contribution in [0.3, 0.4) is 0 Å². The molecule has 3 aromatic rings. The highest BCUT2D eigenvalue weighted by Crippen LogP contribution is 2.24. The van der Waals surface area contributed by atoms with E-state index < -0.39 is 0 Å². The number of carbonyl (C=O) groups excluding carboxylic acids is 1. The van der Waals surface area contributed by atoms with Crippen LogP contribution in [-0.4, -0.2) is 52.8 Å². The van der Waals surface area contributed by atoms with Crippen molar-refractivity contribution in [3.8, 4) is 5.69 Å². The Labute approximate surface area is 211 Å². The largest absolute Gasteiger partial charge is 0.353 e. The van der Waals surface area contributed by atoms with Crippen LogP contribution in [0.1, 0.15) is 42.5 Å². The van der Waals surface area contributed by atoms with Crippen molar-refractivity contribution in [1.29, 1.82) is 0 Å². The fourth-order valence-corrected chi connectivity index (χ4v) is 4.95. The van der Waals surface area contributed by atoms with Crippen LogP contribution in [0.4, 0.5) is 5.82 Å². The van der Waals surface area contributed by atoms with Crippen molar-refractivity contribution in [1.82, 2.24) is 25.5 Å². The smallest absolute Gasteiger partial charge is 0.271 e. The molecular formula is C28H34N6O2. The molecule has 3 heterocycles. The van der Waals surface area contributed by atoms with E-state index in [1.54, 1.807) is 12.1 Å². The van der Waals surface area contributed by atoms with E-state index in [0.717, 1.165) is 42.9 Å². The number of rotatable bonds is 5. The summed E-state index contributed by atoms with van der Waals surface area (Å²) in [5.41, 5.74) is 10.8. The second kappa shape index (κ2) is 10.6. The molecule has 2 fully saturated rings. The van der Waals surface area contributed by atoms with E-state index in [1.165, 1.54) is 15.8 Å². The van der Waals surface area contributed by atoms with Crippen molar-refractivity contribution in [2.24, 2.45) is 0 Å². The molecule has 36 heavy (non-hydrogen) atoms. The van der Waals surface area contributed by atoms with Gasteiger partial charge in [0.2, 0.25) is 5.91 Å². The molecule has 0 bridgehead atoms. The Bertz CT molecular complexity index is 1250. The maximum absolute atomic E-state index is 13.3. The zero-order valence-electron chi connectivity index (χ0n) is 21.0. The lowest BCUT2D eigenvalue weighted by atomic mass is 9.99. The van der Waals surface area contributed by atoms with Gasteiger partial charge in [-0.25, -0.2) is 10.9 Å². The van der Waals surface area contributed by atoms with E-state index in [2.05, 4.69) is 52.0 Å². The van der Waals surface area contributed by atoms with Gasteiger partial charge in [-0.05, 0) is 55.5 Å². The van der Waals surface area contributed by atoms with Gasteiger partial charge in [-0.3, -0.25) is 9.59 Å². The molecule has 2 unspecified atom stereocenters. The molecule has 2 N–H and O–H groups in total. The maximum Gasteiger partial charge on any atom is 0.271 e. The van der Waals surface area contributed by atoms with Gasteiger partial charge < -0.3 is 9.80 Å². The fourth-order valence-electron chi connectivity index (χ4n) is 4.95. The monoisotopic (exact) mass is 486 g/mol. The molecule has 2 aliphatic rings. The van der Waals surface area contributed by atoms with Gasteiger partial charge in [-0.15, -0.1) is 5.10 Å². The number of nitrogens with one attached hydrogen (secondary N) is 2. The van der Waals surface area contributed by atoms with Crippen LogP contribution >= 0.6 is 0 Å². The number of aromatic nitrogens is 2. The number of aryl methyl sites for hydroxylation is 2. The normalized spacial score (nSPS) is 20.4. The molecule has 2 atom stereocenters. The molecular weight excluding hydrogens is 452 g/mol. The molecule has 5 rings (SSSR count). The van der Waals surface area contributed by atoms with Gasteiger partial charge in [0.1, 0.15) is 11.9 Å². The summed E-state index contributed by atoms with van der Waals surface area (Å²) in [6.07, 6.45) is 2.60. The van der Waals surface area contributed by atoms with Gasteiger partial charge in [0.15, 0.2) is 0 Å². The van der Waals surface area contributed by atoms with Crippen molar-refractivity contribution in [2.45, 2.75) is 45.2 Å². The molecule has 1 amide bonds. The van der Waals surface area contributed by atoms with Gasteiger partial charge in [0.05, 0.1) is 5.69 Å². The van der Waals surface area contributed by atoms with E-state index in [9.17, 15) is 9.59 Å². The highest BCUT2D eigenvalue weighted by Gasteiger charge is 2.33. The van der Waals surface area contributed by atoms with Crippen LogP contribution in [0.2, 0.25) is 0 Å². The summed E-state index contributed by atoms with van der Waals surface area (Å²) < 4.78 is 1.45. The van der Waals surface area contributed by atoms with Crippen molar-refractivity contribution >= 4 is 11.7 Å². The molecule has 0 spiro atoms. The fraction of sp³-hybridized carbons (Fsp3) is 0.393. The number of anilines is 1. The number of hydrazine groups is 1. The Kier molecular flexibility index (Phi) is 7.16. The first-order valence-electron chi connectivity index (χ1n) is 12.8. The Morgan fingerprint density at radius 2 is 1.72 bits per heavy atom. The number of amides is 1. The average molecular weight is 487 g/mol. The number of nitrogens with zero attached hydrogens (tertiary/aromatic N) is 4. The van der Waals surface area contributed by atoms with E-state index in [4.69, 9.17) is 0 Å². The third-order valence-electron chi connectivity index (χ3n) is 7.19. The summed E-state index contributed by atoms with van der Waals surface area (Å²) >= 11 is 0. The van der Waals surface area contributed by atoms with Gasteiger partial charge in [0.25, 0.3) is 5.56 Å². The lowest BCUT2D eigenvalue weighted by Gasteiger charge is -2.25. The molecule has 188 valence electrons. The topological polar surface area (TPSA) is 82.5 Å². The SMILES string of the molecule is CCc1ccc(C2CC(C(=O)N3CCCN(c4ccc(=O)n(-c5ccc(C)cc5)n4)CC3)NN2)cc1. The zero-order valence-corrected chi connectivity index (χ0v) is 21.0.